The van der Waals surface area contributed by atoms with Gasteiger partial charge in [-0.1, -0.05) is 32.0 Å². The van der Waals surface area contributed by atoms with E-state index in [1.54, 1.807) is 24.3 Å². The first-order chi connectivity index (χ1) is 10.9. The van der Waals surface area contributed by atoms with E-state index in [2.05, 4.69) is 16.0 Å². The molecule has 7 heteroatoms. The number of rotatable bonds is 8. The molecule has 1 aromatic rings. The Morgan fingerprint density at radius 3 is 2.22 bits per heavy atom. The van der Waals surface area contributed by atoms with Crippen molar-refractivity contribution in [3.8, 4) is 0 Å². The van der Waals surface area contributed by atoms with Crippen LogP contribution in [-0.2, 0) is 9.59 Å². The zero-order chi connectivity index (χ0) is 17.2. The zero-order valence-electron chi connectivity index (χ0n) is 13.5. The lowest BCUT2D eigenvalue weighted by molar-refractivity contribution is -0.127. The van der Waals surface area contributed by atoms with Crippen LogP contribution in [0.5, 0.6) is 0 Å². The summed E-state index contributed by atoms with van der Waals surface area (Å²) in [4.78, 5) is 34.9. The second kappa shape index (κ2) is 9.58. The SMILES string of the molecule is CC(C)[C@H](N)C(=O)NCC(=O)NCCNC(=O)c1ccccc1. The molecular formula is C16H24N4O3. The Morgan fingerprint density at radius 2 is 1.61 bits per heavy atom. The number of hydrogen-bond donors (Lipinski definition) is 4. The monoisotopic (exact) mass is 320 g/mol. The van der Waals surface area contributed by atoms with Crippen molar-refractivity contribution in [2.24, 2.45) is 11.7 Å². The van der Waals surface area contributed by atoms with E-state index in [1.165, 1.54) is 0 Å². The van der Waals surface area contributed by atoms with Gasteiger partial charge in [0.05, 0.1) is 12.6 Å². The highest BCUT2D eigenvalue weighted by atomic mass is 16.2. The van der Waals surface area contributed by atoms with Crippen LogP contribution in [0.3, 0.4) is 0 Å². The number of carbonyl (C=O) groups is 3. The molecule has 0 radical (unpaired) electrons. The van der Waals surface area contributed by atoms with Gasteiger partial charge in [-0.25, -0.2) is 0 Å². The number of benzene rings is 1. The molecule has 3 amide bonds. The van der Waals surface area contributed by atoms with Gasteiger partial charge in [0, 0.05) is 18.7 Å². The molecule has 0 unspecified atom stereocenters. The predicted octanol–water partition coefficient (Wildman–Crippen LogP) is -0.368. The Labute approximate surface area is 136 Å². The molecule has 0 heterocycles. The predicted molar refractivity (Wildman–Crippen MR) is 87.6 cm³/mol. The standard InChI is InChI=1S/C16H24N4O3/c1-11(2)14(17)16(23)20-10-13(21)18-8-9-19-15(22)12-6-4-3-5-7-12/h3-7,11,14H,8-10,17H2,1-2H3,(H,18,21)(H,19,22)(H,20,23)/t14-/m0/s1. The summed E-state index contributed by atoms with van der Waals surface area (Å²) in [5.74, 6) is -0.877. The van der Waals surface area contributed by atoms with E-state index in [0.717, 1.165) is 0 Å². The third kappa shape index (κ3) is 6.92. The van der Waals surface area contributed by atoms with Gasteiger partial charge in [-0.15, -0.1) is 0 Å². The van der Waals surface area contributed by atoms with E-state index in [-0.39, 0.29) is 36.7 Å². The Bertz CT molecular complexity index is 531. The summed E-state index contributed by atoms with van der Waals surface area (Å²) in [6.07, 6.45) is 0. The van der Waals surface area contributed by atoms with Crippen LogP contribution in [0.1, 0.15) is 24.2 Å². The first kappa shape index (κ1) is 18.6. The van der Waals surface area contributed by atoms with Crippen LogP contribution in [0, 0.1) is 5.92 Å². The maximum absolute atomic E-state index is 11.7. The van der Waals surface area contributed by atoms with Gasteiger partial charge in [0.2, 0.25) is 11.8 Å². The van der Waals surface area contributed by atoms with Crippen LogP contribution in [0.15, 0.2) is 30.3 Å². The largest absolute Gasteiger partial charge is 0.353 e. The van der Waals surface area contributed by atoms with E-state index in [0.29, 0.717) is 12.1 Å². The Kier molecular flexibility index (Phi) is 7.76. The van der Waals surface area contributed by atoms with Crippen molar-refractivity contribution in [3.63, 3.8) is 0 Å². The summed E-state index contributed by atoms with van der Waals surface area (Å²) in [6.45, 7) is 4.12. The molecule has 126 valence electrons. The van der Waals surface area contributed by atoms with Gasteiger partial charge >= 0.3 is 0 Å². The molecule has 0 aliphatic rings. The summed E-state index contributed by atoms with van der Waals surface area (Å²) in [7, 11) is 0. The van der Waals surface area contributed by atoms with Crippen LogP contribution < -0.4 is 21.7 Å². The van der Waals surface area contributed by atoms with Crippen LogP contribution in [0.4, 0.5) is 0 Å². The average molecular weight is 320 g/mol. The molecular weight excluding hydrogens is 296 g/mol. The molecule has 0 saturated carbocycles. The van der Waals surface area contributed by atoms with Crippen molar-refractivity contribution >= 4 is 17.7 Å². The van der Waals surface area contributed by atoms with Crippen LogP contribution in [0.25, 0.3) is 0 Å². The van der Waals surface area contributed by atoms with Gasteiger partial charge in [-0.05, 0) is 18.1 Å². The number of nitrogens with one attached hydrogen (secondary N) is 3. The molecule has 0 aromatic heterocycles. The van der Waals surface area contributed by atoms with Gasteiger partial charge in [0.15, 0.2) is 0 Å². The van der Waals surface area contributed by atoms with Gasteiger partial charge in [0.1, 0.15) is 0 Å². The van der Waals surface area contributed by atoms with Crippen molar-refractivity contribution in [1.29, 1.82) is 0 Å². The number of carbonyl (C=O) groups excluding carboxylic acids is 3. The summed E-state index contributed by atoms with van der Waals surface area (Å²) in [6, 6.07) is 8.18. The number of amides is 3. The lowest BCUT2D eigenvalue weighted by atomic mass is 10.1. The molecule has 7 nitrogen and oxygen atoms in total. The second-order valence-electron chi connectivity index (χ2n) is 5.46. The molecule has 23 heavy (non-hydrogen) atoms. The highest BCUT2D eigenvalue weighted by Crippen LogP contribution is 1.97. The lowest BCUT2D eigenvalue weighted by Crippen LogP contribution is -2.47. The second-order valence-corrected chi connectivity index (χ2v) is 5.46. The third-order valence-electron chi connectivity index (χ3n) is 3.21. The molecule has 0 aliphatic heterocycles. The average Bonchev–Trinajstić information content (AvgIpc) is 2.56. The minimum Gasteiger partial charge on any atom is -0.353 e. The van der Waals surface area contributed by atoms with Crippen LogP contribution in [-0.4, -0.2) is 43.4 Å². The third-order valence-corrected chi connectivity index (χ3v) is 3.21. The maximum Gasteiger partial charge on any atom is 0.251 e. The van der Waals surface area contributed by atoms with Crippen molar-refractivity contribution in [2.45, 2.75) is 19.9 Å². The van der Waals surface area contributed by atoms with E-state index in [1.807, 2.05) is 19.9 Å². The lowest BCUT2D eigenvalue weighted by Gasteiger charge is -2.15. The Morgan fingerprint density at radius 1 is 1.00 bits per heavy atom. The summed E-state index contributed by atoms with van der Waals surface area (Å²) >= 11 is 0. The minimum absolute atomic E-state index is 0.00580. The van der Waals surface area contributed by atoms with Crippen molar-refractivity contribution in [3.05, 3.63) is 35.9 Å². The Hall–Kier alpha value is -2.41. The van der Waals surface area contributed by atoms with Crippen LogP contribution in [0.2, 0.25) is 0 Å². The van der Waals surface area contributed by atoms with E-state index in [9.17, 15) is 14.4 Å². The zero-order valence-corrected chi connectivity index (χ0v) is 13.5. The topological polar surface area (TPSA) is 113 Å². The molecule has 0 bridgehead atoms. The fourth-order valence-electron chi connectivity index (χ4n) is 1.72. The molecule has 0 spiro atoms. The normalized spacial score (nSPS) is 11.7. The molecule has 0 fully saturated rings. The van der Waals surface area contributed by atoms with Crippen LogP contribution >= 0.6 is 0 Å². The van der Waals surface area contributed by atoms with Crippen molar-refractivity contribution in [1.82, 2.24) is 16.0 Å². The Balaban J connectivity index is 2.17. The summed E-state index contributed by atoms with van der Waals surface area (Å²) in [5.41, 5.74) is 6.23. The molecule has 1 aromatic carbocycles. The first-order valence-corrected chi connectivity index (χ1v) is 7.55. The van der Waals surface area contributed by atoms with Crippen molar-refractivity contribution in [2.75, 3.05) is 19.6 Å². The molecule has 1 atom stereocenters. The number of nitrogens with two attached hydrogens (primary N) is 1. The molecule has 0 aliphatic carbocycles. The molecule has 0 saturated heterocycles. The first-order valence-electron chi connectivity index (χ1n) is 7.55. The number of hydrogen-bond acceptors (Lipinski definition) is 4. The molecule has 5 N–H and O–H groups in total. The fraction of sp³-hybridized carbons (Fsp3) is 0.438. The quantitative estimate of drug-likeness (QED) is 0.489. The summed E-state index contributed by atoms with van der Waals surface area (Å²) < 4.78 is 0. The van der Waals surface area contributed by atoms with E-state index in [4.69, 9.17) is 5.73 Å². The molecule has 1 rings (SSSR count). The van der Waals surface area contributed by atoms with Crippen molar-refractivity contribution < 1.29 is 14.4 Å². The summed E-state index contributed by atoms with van der Waals surface area (Å²) in [5, 5.41) is 7.77. The van der Waals surface area contributed by atoms with E-state index >= 15 is 0 Å². The van der Waals surface area contributed by atoms with Gasteiger partial charge < -0.3 is 21.7 Å². The maximum atomic E-state index is 11.7. The highest BCUT2D eigenvalue weighted by molar-refractivity contribution is 5.94. The van der Waals surface area contributed by atoms with E-state index < -0.39 is 6.04 Å². The van der Waals surface area contributed by atoms with Gasteiger partial charge in [-0.2, -0.15) is 0 Å². The highest BCUT2D eigenvalue weighted by Gasteiger charge is 2.17. The fourth-order valence-corrected chi connectivity index (χ4v) is 1.72. The smallest absolute Gasteiger partial charge is 0.251 e. The van der Waals surface area contributed by atoms with Gasteiger partial charge in [0.25, 0.3) is 5.91 Å². The van der Waals surface area contributed by atoms with Gasteiger partial charge in [-0.3, -0.25) is 14.4 Å². The minimum atomic E-state index is -0.632.